The molecule has 0 spiro atoms. The van der Waals surface area contributed by atoms with Crippen LogP contribution >= 0.6 is 0 Å². The smallest absolute Gasteiger partial charge is 0.337 e. The second-order valence-corrected chi connectivity index (χ2v) is 9.04. The van der Waals surface area contributed by atoms with Crippen molar-refractivity contribution in [1.29, 1.82) is 0 Å². The van der Waals surface area contributed by atoms with Gasteiger partial charge in [0.25, 0.3) is 0 Å². The average Bonchev–Trinajstić information content (AvgIpc) is 2.69. The van der Waals surface area contributed by atoms with Gasteiger partial charge < -0.3 is 15.2 Å². The molecule has 0 aromatic heterocycles. The molecule has 1 atom stereocenters. The molecule has 3 rings (SSSR count). The van der Waals surface area contributed by atoms with Crippen LogP contribution in [0.25, 0.3) is 0 Å². The SMILES string of the molecule is COC(=O)c1ccc(NCC(O)c2ccc3c(c2)C(C)(C)CCC3(C)C)cc1. The van der Waals surface area contributed by atoms with Crippen molar-refractivity contribution >= 4 is 11.7 Å². The maximum atomic E-state index is 11.5. The molecular weight excluding hydrogens is 350 g/mol. The lowest BCUT2D eigenvalue weighted by atomic mass is 9.63. The van der Waals surface area contributed by atoms with Crippen LogP contribution in [0.15, 0.2) is 42.5 Å². The molecular formula is C24H31NO3. The molecule has 0 saturated heterocycles. The predicted molar refractivity (Wildman–Crippen MR) is 113 cm³/mol. The van der Waals surface area contributed by atoms with E-state index in [0.717, 1.165) is 17.7 Å². The van der Waals surface area contributed by atoms with Gasteiger partial charge in [-0.3, -0.25) is 0 Å². The summed E-state index contributed by atoms with van der Waals surface area (Å²) in [4.78, 5) is 11.5. The second-order valence-electron chi connectivity index (χ2n) is 9.04. The van der Waals surface area contributed by atoms with E-state index in [2.05, 4.69) is 51.2 Å². The summed E-state index contributed by atoms with van der Waals surface area (Å²) in [5.74, 6) is -0.355. The number of esters is 1. The molecule has 0 heterocycles. The molecule has 4 heteroatoms. The Hall–Kier alpha value is -2.33. The van der Waals surface area contributed by atoms with Gasteiger partial charge in [-0.05, 0) is 64.6 Å². The standard InChI is InChI=1S/C24H31NO3/c1-23(2)12-13-24(3,4)20-14-17(8-11-19(20)23)21(26)15-25-18-9-6-16(7-10-18)22(27)28-5/h6-11,14,21,25-26H,12-13,15H2,1-5H3. The van der Waals surface area contributed by atoms with E-state index >= 15 is 0 Å². The van der Waals surface area contributed by atoms with Gasteiger partial charge in [0.2, 0.25) is 0 Å². The van der Waals surface area contributed by atoms with Crippen LogP contribution in [-0.4, -0.2) is 24.7 Å². The highest BCUT2D eigenvalue weighted by atomic mass is 16.5. The molecule has 4 nitrogen and oxygen atoms in total. The molecule has 0 fully saturated rings. The summed E-state index contributed by atoms with van der Waals surface area (Å²) in [6.07, 6.45) is 1.72. The van der Waals surface area contributed by atoms with Gasteiger partial charge >= 0.3 is 5.97 Å². The Bertz CT molecular complexity index is 853. The third-order valence-electron chi connectivity index (χ3n) is 6.07. The van der Waals surface area contributed by atoms with Gasteiger partial charge in [-0.25, -0.2) is 4.79 Å². The number of nitrogens with one attached hydrogen (secondary N) is 1. The number of fused-ring (bicyclic) bond motifs is 1. The number of anilines is 1. The minimum atomic E-state index is -0.605. The Balaban J connectivity index is 1.73. The number of hydrogen-bond acceptors (Lipinski definition) is 4. The van der Waals surface area contributed by atoms with Gasteiger partial charge in [0.1, 0.15) is 0 Å². The molecule has 1 aliphatic carbocycles. The largest absolute Gasteiger partial charge is 0.465 e. The third kappa shape index (κ3) is 4.07. The van der Waals surface area contributed by atoms with Crippen LogP contribution in [0.5, 0.6) is 0 Å². The molecule has 0 amide bonds. The predicted octanol–water partition coefficient (Wildman–Crippen LogP) is 4.97. The van der Waals surface area contributed by atoms with Crippen LogP contribution in [0.2, 0.25) is 0 Å². The van der Waals surface area contributed by atoms with Gasteiger partial charge in [-0.1, -0.05) is 45.9 Å². The highest BCUT2D eigenvalue weighted by molar-refractivity contribution is 5.89. The minimum absolute atomic E-state index is 0.123. The summed E-state index contributed by atoms with van der Waals surface area (Å²) < 4.78 is 4.71. The van der Waals surface area contributed by atoms with Crippen molar-refractivity contribution in [3.8, 4) is 0 Å². The average molecular weight is 382 g/mol. The number of aliphatic hydroxyl groups is 1. The van der Waals surface area contributed by atoms with E-state index in [1.807, 2.05) is 12.1 Å². The summed E-state index contributed by atoms with van der Waals surface area (Å²) in [5, 5.41) is 14.0. The van der Waals surface area contributed by atoms with Crippen molar-refractivity contribution in [3.05, 3.63) is 64.7 Å². The molecule has 28 heavy (non-hydrogen) atoms. The van der Waals surface area contributed by atoms with E-state index in [0.29, 0.717) is 12.1 Å². The quantitative estimate of drug-likeness (QED) is 0.718. The van der Waals surface area contributed by atoms with Gasteiger partial charge in [0.15, 0.2) is 0 Å². The Kier molecular flexibility index (Phi) is 5.53. The Labute approximate surface area is 167 Å². The zero-order valence-electron chi connectivity index (χ0n) is 17.5. The first-order valence-electron chi connectivity index (χ1n) is 9.89. The number of ether oxygens (including phenoxy) is 1. The topological polar surface area (TPSA) is 58.6 Å². The zero-order valence-corrected chi connectivity index (χ0v) is 17.5. The molecule has 1 unspecified atom stereocenters. The molecule has 0 saturated carbocycles. The molecule has 2 aromatic rings. The Morgan fingerprint density at radius 1 is 1.04 bits per heavy atom. The van der Waals surface area contributed by atoms with E-state index in [1.54, 1.807) is 12.1 Å². The third-order valence-corrected chi connectivity index (χ3v) is 6.07. The number of carbonyl (C=O) groups is 1. The highest BCUT2D eigenvalue weighted by Gasteiger charge is 2.37. The van der Waals surface area contributed by atoms with Crippen LogP contribution in [0.4, 0.5) is 5.69 Å². The van der Waals surface area contributed by atoms with Crippen LogP contribution in [0.1, 0.15) is 73.7 Å². The lowest BCUT2D eigenvalue weighted by Gasteiger charge is -2.42. The number of benzene rings is 2. The summed E-state index contributed by atoms with van der Waals surface area (Å²) in [5.41, 5.74) is 5.34. The Morgan fingerprint density at radius 2 is 1.64 bits per heavy atom. The fraction of sp³-hybridized carbons (Fsp3) is 0.458. The van der Waals surface area contributed by atoms with Crippen molar-refractivity contribution < 1.29 is 14.6 Å². The lowest BCUT2D eigenvalue weighted by Crippen LogP contribution is -2.34. The van der Waals surface area contributed by atoms with E-state index in [4.69, 9.17) is 4.74 Å². The first-order chi connectivity index (χ1) is 13.1. The van der Waals surface area contributed by atoms with E-state index in [1.165, 1.54) is 24.7 Å². The van der Waals surface area contributed by atoms with Gasteiger partial charge in [-0.15, -0.1) is 0 Å². The number of hydrogen-bond donors (Lipinski definition) is 2. The molecule has 0 bridgehead atoms. The minimum Gasteiger partial charge on any atom is -0.465 e. The number of carbonyl (C=O) groups excluding carboxylic acids is 1. The maximum absolute atomic E-state index is 11.5. The van der Waals surface area contributed by atoms with Crippen LogP contribution in [0, 0.1) is 0 Å². The van der Waals surface area contributed by atoms with Gasteiger partial charge in [-0.2, -0.15) is 0 Å². The number of rotatable bonds is 5. The fourth-order valence-corrected chi connectivity index (χ4v) is 3.99. The highest BCUT2D eigenvalue weighted by Crippen LogP contribution is 2.46. The van der Waals surface area contributed by atoms with Crippen molar-refractivity contribution in [2.75, 3.05) is 19.0 Å². The summed E-state index contributed by atoms with van der Waals surface area (Å²) in [7, 11) is 1.37. The first kappa shape index (κ1) is 20.4. The summed E-state index contributed by atoms with van der Waals surface area (Å²) in [6, 6.07) is 13.5. The van der Waals surface area contributed by atoms with Crippen molar-refractivity contribution in [1.82, 2.24) is 0 Å². The normalized spacial score (nSPS) is 18.1. The molecule has 0 aliphatic heterocycles. The van der Waals surface area contributed by atoms with Crippen molar-refractivity contribution in [2.24, 2.45) is 0 Å². The first-order valence-corrected chi connectivity index (χ1v) is 9.89. The zero-order chi connectivity index (χ0) is 20.5. The summed E-state index contributed by atoms with van der Waals surface area (Å²) in [6.45, 7) is 9.59. The van der Waals surface area contributed by atoms with Crippen molar-refractivity contribution in [3.63, 3.8) is 0 Å². The van der Waals surface area contributed by atoms with Crippen molar-refractivity contribution in [2.45, 2.75) is 57.5 Å². The molecule has 1 aliphatic rings. The van der Waals surface area contributed by atoms with Crippen LogP contribution in [0.3, 0.4) is 0 Å². The molecule has 2 aromatic carbocycles. The maximum Gasteiger partial charge on any atom is 0.337 e. The lowest BCUT2D eigenvalue weighted by molar-refractivity contribution is 0.0600. The van der Waals surface area contributed by atoms with E-state index in [-0.39, 0.29) is 16.8 Å². The van der Waals surface area contributed by atoms with Gasteiger partial charge in [0, 0.05) is 12.2 Å². The second kappa shape index (κ2) is 7.59. The van der Waals surface area contributed by atoms with E-state index in [9.17, 15) is 9.90 Å². The fourth-order valence-electron chi connectivity index (χ4n) is 3.99. The van der Waals surface area contributed by atoms with E-state index < -0.39 is 6.10 Å². The van der Waals surface area contributed by atoms with Gasteiger partial charge in [0.05, 0.1) is 18.8 Å². The Morgan fingerprint density at radius 3 is 2.25 bits per heavy atom. The number of methoxy groups -OCH3 is 1. The molecule has 2 N–H and O–H groups in total. The van der Waals surface area contributed by atoms with Crippen LogP contribution in [-0.2, 0) is 15.6 Å². The molecule has 150 valence electrons. The summed E-state index contributed by atoms with van der Waals surface area (Å²) >= 11 is 0. The number of aliphatic hydroxyl groups excluding tert-OH is 1. The molecule has 0 radical (unpaired) electrons. The monoisotopic (exact) mass is 381 g/mol. The van der Waals surface area contributed by atoms with Crippen LogP contribution < -0.4 is 5.32 Å².